The molecule has 0 aliphatic carbocycles. The summed E-state index contributed by atoms with van der Waals surface area (Å²) in [6.45, 7) is 3.32. The summed E-state index contributed by atoms with van der Waals surface area (Å²) in [5.74, 6) is 0. The molecular formula is C5H10N2O2. The van der Waals surface area contributed by atoms with Gasteiger partial charge >= 0.3 is 0 Å². The van der Waals surface area contributed by atoms with Gasteiger partial charge < -0.3 is 0 Å². The molecule has 2 atom stereocenters. The lowest BCUT2D eigenvalue weighted by Crippen LogP contribution is -2.06. The molecule has 0 heterocycles. The van der Waals surface area contributed by atoms with Crippen LogP contribution in [0.4, 0.5) is 0 Å². The maximum absolute atomic E-state index is 9.76. The molecule has 0 unspecified atom stereocenters. The second-order valence-electron chi connectivity index (χ2n) is 2.14. The Morgan fingerprint density at radius 1 is 1.11 bits per heavy atom. The Morgan fingerprint density at radius 2 is 1.44 bits per heavy atom. The Labute approximate surface area is 53.6 Å². The first-order chi connectivity index (χ1) is 4.20. The summed E-state index contributed by atoms with van der Waals surface area (Å²) in [4.78, 5) is 19.5. The summed E-state index contributed by atoms with van der Waals surface area (Å²) < 4.78 is 0. The molecule has 9 heavy (non-hydrogen) atoms. The van der Waals surface area contributed by atoms with Gasteiger partial charge in [-0.05, 0) is 20.3 Å². The Balaban J connectivity index is 3.45. The summed E-state index contributed by atoms with van der Waals surface area (Å²) in [7, 11) is 0. The maximum atomic E-state index is 9.76. The molecule has 0 radical (unpaired) electrons. The predicted molar refractivity (Wildman–Crippen MR) is 35.1 cm³/mol. The van der Waals surface area contributed by atoms with Crippen molar-refractivity contribution >= 4 is 0 Å². The summed E-state index contributed by atoms with van der Waals surface area (Å²) in [5.41, 5.74) is 0. The van der Waals surface area contributed by atoms with E-state index in [1.165, 1.54) is 0 Å². The highest BCUT2D eigenvalue weighted by Crippen LogP contribution is 2.03. The van der Waals surface area contributed by atoms with E-state index in [-0.39, 0.29) is 12.1 Å². The highest BCUT2D eigenvalue weighted by Gasteiger charge is 2.07. The van der Waals surface area contributed by atoms with E-state index >= 15 is 0 Å². The first-order valence-electron chi connectivity index (χ1n) is 2.85. The summed E-state index contributed by atoms with van der Waals surface area (Å²) in [6, 6.07) is -0.588. The largest absolute Gasteiger partial charge is 0.151 e. The van der Waals surface area contributed by atoms with Gasteiger partial charge in [0.05, 0.1) is 12.1 Å². The molecule has 0 aromatic rings. The fraction of sp³-hybridized carbons (Fsp3) is 1.00. The van der Waals surface area contributed by atoms with E-state index in [2.05, 4.69) is 10.4 Å². The van der Waals surface area contributed by atoms with Crippen molar-refractivity contribution < 1.29 is 0 Å². The number of hydrogen-bond donors (Lipinski definition) is 0. The van der Waals surface area contributed by atoms with Gasteiger partial charge in [-0.25, -0.2) is 0 Å². The zero-order chi connectivity index (χ0) is 7.28. The lowest BCUT2D eigenvalue weighted by Gasteiger charge is -2.01. The molecular weight excluding hydrogens is 120 g/mol. The lowest BCUT2D eigenvalue weighted by molar-refractivity contribution is 0.577. The zero-order valence-corrected chi connectivity index (χ0v) is 5.57. The minimum Gasteiger partial charge on any atom is -0.151 e. The van der Waals surface area contributed by atoms with Crippen molar-refractivity contribution in [2.24, 2.45) is 10.4 Å². The molecule has 0 bridgehead atoms. The van der Waals surface area contributed by atoms with Crippen LogP contribution in [-0.4, -0.2) is 12.1 Å². The molecule has 0 aromatic carbocycles. The second-order valence-corrected chi connectivity index (χ2v) is 2.14. The van der Waals surface area contributed by atoms with Gasteiger partial charge in [-0.15, -0.1) is 0 Å². The first kappa shape index (κ1) is 8.20. The van der Waals surface area contributed by atoms with Gasteiger partial charge in [-0.3, -0.25) is 0 Å². The van der Waals surface area contributed by atoms with Crippen LogP contribution in [0.1, 0.15) is 20.3 Å². The minimum absolute atomic E-state index is 0.294. The van der Waals surface area contributed by atoms with Gasteiger partial charge in [0.25, 0.3) is 0 Å². The van der Waals surface area contributed by atoms with E-state index in [1.807, 2.05) is 0 Å². The van der Waals surface area contributed by atoms with Gasteiger partial charge in [-0.1, -0.05) is 10.4 Å². The molecule has 0 rings (SSSR count). The molecule has 0 saturated heterocycles. The van der Waals surface area contributed by atoms with Crippen LogP contribution >= 0.6 is 0 Å². The van der Waals surface area contributed by atoms with Crippen molar-refractivity contribution in [1.82, 2.24) is 0 Å². The van der Waals surface area contributed by atoms with Crippen LogP contribution in [0.25, 0.3) is 0 Å². The van der Waals surface area contributed by atoms with Crippen molar-refractivity contribution in [3.8, 4) is 0 Å². The summed E-state index contributed by atoms with van der Waals surface area (Å²) in [6.07, 6.45) is 0.451. The van der Waals surface area contributed by atoms with Crippen molar-refractivity contribution in [2.45, 2.75) is 32.4 Å². The Bertz CT molecular complexity index is 93.1. The molecule has 0 N–H and O–H groups in total. The highest BCUT2D eigenvalue weighted by molar-refractivity contribution is 4.67. The van der Waals surface area contributed by atoms with Crippen LogP contribution in [-0.2, 0) is 0 Å². The number of nitroso groups, excluding NO2 is 2. The van der Waals surface area contributed by atoms with E-state index in [0.29, 0.717) is 6.42 Å². The molecule has 0 spiro atoms. The number of hydrogen-bond acceptors (Lipinski definition) is 4. The molecule has 0 saturated carbocycles. The summed E-state index contributed by atoms with van der Waals surface area (Å²) in [5, 5.41) is 5.46. The topological polar surface area (TPSA) is 58.9 Å². The molecule has 4 heteroatoms. The van der Waals surface area contributed by atoms with Gasteiger partial charge in [0, 0.05) is 0 Å². The van der Waals surface area contributed by atoms with Crippen LogP contribution in [0.3, 0.4) is 0 Å². The molecule has 0 amide bonds. The summed E-state index contributed by atoms with van der Waals surface area (Å²) >= 11 is 0. The standard InChI is InChI=1S/C5H10N2O2/c1-4(6-8)3-5(2)7-9/h4-5H,3H2,1-2H3/t4-,5+. The predicted octanol–water partition coefficient (Wildman–Crippen LogP) is 1.69. The molecule has 4 nitrogen and oxygen atoms in total. The minimum atomic E-state index is -0.294. The Kier molecular flexibility index (Phi) is 3.75. The lowest BCUT2D eigenvalue weighted by atomic mass is 10.1. The van der Waals surface area contributed by atoms with Crippen LogP contribution in [0, 0.1) is 9.81 Å². The van der Waals surface area contributed by atoms with E-state index in [9.17, 15) is 9.81 Å². The smallest absolute Gasteiger partial charge is 0.0913 e. The fourth-order valence-corrected chi connectivity index (χ4v) is 0.580. The Hall–Kier alpha value is -0.800. The van der Waals surface area contributed by atoms with Crippen molar-refractivity contribution in [3.63, 3.8) is 0 Å². The van der Waals surface area contributed by atoms with Gasteiger partial charge in [0.1, 0.15) is 0 Å². The number of rotatable bonds is 4. The second kappa shape index (κ2) is 4.12. The van der Waals surface area contributed by atoms with Gasteiger partial charge in [-0.2, -0.15) is 9.81 Å². The molecule has 0 fully saturated rings. The number of nitrogens with zero attached hydrogens (tertiary/aromatic N) is 2. The monoisotopic (exact) mass is 130 g/mol. The third-order valence-electron chi connectivity index (χ3n) is 1.04. The third-order valence-corrected chi connectivity index (χ3v) is 1.04. The van der Waals surface area contributed by atoms with Gasteiger partial charge in [0.15, 0.2) is 0 Å². The average Bonchev–Trinajstić information content (AvgIpc) is 1.87. The first-order valence-corrected chi connectivity index (χ1v) is 2.85. The van der Waals surface area contributed by atoms with Crippen molar-refractivity contribution in [2.75, 3.05) is 0 Å². The normalized spacial score (nSPS) is 16.2. The molecule has 0 aliphatic heterocycles. The van der Waals surface area contributed by atoms with E-state index in [0.717, 1.165) is 0 Å². The van der Waals surface area contributed by atoms with Gasteiger partial charge in [0.2, 0.25) is 0 Å². The van der Waals surface area contributed by atoms with Crippen LogP contribution in [0.2, 0.25) is 0 Å². The highest BCUT2D eigenvalue weighted by atomic mass is 16.3. The van der Waals surface area contributed by atoms with Crippen molar-refractivity contribution in [1.29, 1.82) is 0 Å². The van der Waals surface area contributed by atoms with E-state index < -0.39 is 0 Å². The third kappa shape index (κ3) is 3.76. The average molecular weight is 130 g/mol. The molecule has 0 aromatic heterocycles. The SMILES string of the molecule is C[C@H](C[C@H](C)N=O)N=O. The van der Waals surface area contributed by atoms with Crippen LogP contribution < -0.4 is 0 Å². The van der Waals surface area contributed by atoms with Crippen molar-refractivity contribution in [3.05, 3.63) is 9.81 Å². The quantitative estimate of drug-likeness (QED) is 0.543. The molecule has 52 valence electrons. The molecule has 0 aliphatic rings. The van der Waals surface area contributed by atoms with E-state index in [4.69, 9.17) is 0 Å². The van der Waals surface area contributed by atoms with E-state index in [1.54, 1.807) is 13.8 Å². The maximum Gasteiger partial charge on any atom is 0.0913 e. The Morgan fingerprint density at radius 3 is 1.67 bits per heavy atom. The van der Waals surface area contributed by atoms with Crippen LogP contribution in [0.5, 0.6) is 0 Å². The van der Waals surface area contributed by atoms with Crippen LogP contribution in [0.15, 0.2) is 10.4 Å². The fourth-order valence-electron chi connectivity index (χ4n) is 0.580. The zero-order valence-electron chi connectivity index (χ0n) is 5.57.